The van der Waals surface area contributed by atoms with E-state index in [2.05, 4.69) is 26.1 Å². The van der Waals surface area contributed by atoms with Gasteiger partial charge in [-0.3, -0.25) is 9.59 Å². The number of aliphatic hydroxyl groups excluding tert-OH is 1. The molecule has 1 unspecified atom stereocenters. The Balaban J connectivity index is 1.62. The molecule has 0 radical (unpaired) electrons. The predicted molar refractivity (Wildman–Crippen MR) is 271 cm³/mol. The maximum absolute atomic E-state index is 15.4. The lowest BCUT2D eigenvalue weighted by Gasteiger charge is -2.70. The Labute approximate surface area is 433 Å². The van der Waals surface area contributed by atoms with E-state index in [-0.39, 0.29) is 36.7 Å². The molecule has 1 aromatic carbocycles. The summed E-state index contributed by atoms with van der Waals surface area (Å²) in [6, 6.07) is 9.50. The number of hydrogen-bond donors (Lipinski definition) is 3. The number of nitrogens with one attached hydrogen (secondary N) is 1. The highest BCUT2D eigenvalue weighted by Gasteiger charge is 2.78. The van der Waals surface area contributed by atoms with Crippen LogP contribution in [-0.4, -0.2) is 134 Å². The third kappa shape index (κ3) is 11.5. The van der Waals surface area contributed by atoms with Gasteiger partial charge in [-0.1, -0.05) is 79.0 Å². The second-order valence-electron chi connectivity index (χ2n) is 22.9. The minimum Gasteiger partial charge on any atom is -0.456 e. The van der Waals surface area contributed by atoms with Crippen LogP contribution < -0.4 is 5.32 Å². The van der Waals surface area contributed by atoms with Gasteiger partial charge in [0.2, 0.25) is 0 Å². The molecule has 1 saturated heterocycles. The highest BCUT2D eigenvalue weighted by Crippen LogP contribution is 2.66. The Morgan fingerprint density at radius 2 is 1.53 bits per heavy atom. The zero-order valence-electron chi connectivity index (χ0n) is 45.8. The van der Waals surface area contributed by atoms with Crippen LogP contribution in [0.15, 0.2) is 41.5 Å². The zero-order valence-corrected chi connectivity index (χ0v) is 46.8. The van der Waals surface area contributed by atoms with Gasteiger partial charge in [-0.05, 0) is 102 Å². The number of ether oxygens (including phenoxy) is 8. The van der Waals surface area contributed by atoms with E-state index in [1.165, 1.54) is 13.8 Å². The summed E-state index contributed by atoms with van der Waals surface area (Å²) >= 11 is 0. The van der Waals surface area contributed by atoms with E-state index in [0.717, 1.165) is 37.4 Å². The van der Waals surface area contributed by atoms with Gasteiger partial charge in [0.15, 0.2) is 32.4 Å². The van der Waals surface area contributed by atoms with Crippen molar-refractivity contribution in [1.29, 1.82) is 0 Å². The van der Waals surface area contributed by atoms with E-state index in [9.17, 15) is 29.4 Å². The normalized spacial score (nSPS) is 32.4. The van der Waals surface area contributed by atoms with Crippen molar-refractivity contribution in [2.45, 2.75) is 232 Å². The number of rotatable bonds is 18. The molecule has 0 aromatic heterocycles. The average molecular weight is 1040 g/mol. The number of esters is 4. The Kier molecular flexibility index (Phi) is 18.2. The predicted octanol–water partition coefficient (Wildman–Crippen LogP) is 8.27. The molecule has 6 rings (SSSR count). The van der Waals surface area contributed by atoms with Crippen molar-refractivity contribution in [2.75, 3.05) is 13.2 Å². The molecular formula is C55H85NO16Si. The molecule has 4 aliphatic carbocycles. The first kappa shape index (κ1) is 58.3. The summed E-state index contributed by atoms with van der Waals surface area (Å²) in [6.45, 7) is 24.4. The molecule has 1 aliphatic heterocycles. The largest absolute Gasteiger partial charge is 0.456 e. The SMILES string of the molecule is CCOC(C)O[C@@H](C(=O)O[C@H]1C[C@@]2(O)[C@@H](OC(=O)c3ccccc3)[C@@H]3[C@]4(OC(C)=O)CO[C@@H]4C[C@H](O[Si](CC)(CC)CC)[C@@]3(C)[C@@H](O)[C@H](OC(C)=O)C(=C1C)C2(C)C)[C@@H](NC(=O)OC(C)(C)C)C1CCCCC1. The molecule has 17 nitrogen and oxygen atoms in total. The molecule has 1 amide bonds. The maximum atomic E-state index is 15.4. The van der Waals surface area contributed by atoms with Crippen LogP contribution in [0, 0.1) is 22.7 Å². The molecule has 4 fully saturated rings. The third-order valence-electron chi connectivity index (χ3n) is 17.1. The number of benzene rings is 1. The van der Waals surface area contributed by atoms with E-state index in [0.29, 0.717) is 18.4 Å². The smallest absolute Gasteiger partial charge is 0.407 e. The van der Waals surface area contributed by atoms with E-state index in [4.69, 9.17) is 42.3 Å². The molecule has 3 saturated carbocycles. The first-order valence-electron chi connectivity index (χ1n) is 26.7. The Morgan fingerprint density at radius 1 is 0.904 bits per heavy atom. The van der Waals surface area contributed by atoms with Crippen LogP contribution in [0.25, 0.3) is 0 Å². The van der Waals surface area contributed by atoms with E-state index in [1.807, 2.05) is 0 Å². The first-order valence-corrected chi connectivity index (χ1v) is 29.2. The van der Waals surface area contributed by atoms with Gasteiger partial charge in [0.1, 0.15) is 35.6 Å². The number of hydrogen-bond acceptors (Lipinski definition) is 16. The summed E-state index contributed by atoms with van der Waals surface area (Å²) in [5.41, 5.74) is -7.20. The number of carbonyl (C=O) groups excluding carboxylic acids is 5. The molecule has 410 valence electrons. The Hall–Kier alpha value is -3.91. The lowest BCUT2D eigenvalue weighted by Crippen LogP contribution is -2.83. The highest BCUT2D eigenvalue weighted by molar-refractivity contribution is 6.73. The quantitative estimate of drug-likeness (QED) is 0.0414. The van der Waals surface area contributed by atoms with Gasteiger partial charge in [-0.2, -0.15) is 0 Å². The second kappa shape index (κ2) is 22.7. The van der Waals surface area contributed by atoms with Gasteiger partial charge in [0.25, 0.3) is 0 Å². The van der Waals surface area contributed by atoms with Crippen molar-refractivity contribution in [3.8, 4) is 0 Å². The Bertz CT molecular complexity index is 2160. The van der Waals surface area contributed by atoms with Crippen molar-refractivity contribution in [3.05, 3.63) is 47.0 Å². The molecule has 2 bridgehead atoms. The first-order chi connectivity index (χ1) is 34.2. The summed E-state index contributed by atoms with van der Waals surface area (Å²) in [6.07, 6.45) is -7.33. The van der Waals surface area contributed by atoms with Crippen molar-refractivity contribution < 1.29 is 76.5 Å². The summed E-state index contributed by atoms with van der Waals surface area (Å²) in [5.74, 6) is -4.68. The van der Waals surface area contributed by atoms with Crippen molar-refractivity contribution in [1.82, 2.24) is 5.32 Å². The molecule has 13 atom stereocenters. The summed E-state index contributed by atoms with van der Waals surface area (Å²) in [5, 5.41) is 31.0. The van der Waals surface area contributed by atoms with E-state index in [1.54, 1.807) is 92.6 Å². The van der Waals surface area contributed by atoms with Gasteiger partial charge in [0, 0.05) is 44.1 Å². The minimum absolute atomic E-state index is 0.152. The fourth-order valence-corrected chi connectivity index (χ4v) is 16.0. The molecule has 18 heteroatoms. The summed E-state index contributed by atoms with van der Waals surface area (Å²) < 4.78 is 57.9. The fourth-order valence-electron chi connectivity index (χ4n) is 13.1. The van der Waals surface area contributed by atoms with Crippen LogP contribution in [0.3, 0.4) is 0 Å². The molecular weight excluding hydrogens is 959 g/mol. The average Bonchev–Trinajstić information content (AvgIpc) is 3.32. The number of carbonyl (C=O) groups is 5. The van der Waals surface area contributed by atoms with Crippen molar-refractivity contribution in [3.63, 3.8) is 0 Å². The second-order valence-corrected chi connectivity index (χ2v) is 27.6. The lowest BCUT2D eigenvalue weighted by molar-refractivity contribution is -0.363. The monoisotopic (exact) mass is 1040 g/mol. The van der Waals surface area contributed by atoms with Gasteiger partial charge in [0.05, 0.1) is 30.2 Å². The van der Waals surface area contributed by atoms with Gasteiger partial charge in [-0.25, -0.2) is 14.4 Å². The fraction of sp³-hybridized carbons (Fsp3) is 0.764. The molecule has 5 aliphatic rings. The maximum Gasteiger partial charge on any atom is 0.407 e. The lowest BCUT2D eigenvalue weighted by atomic mass is 9.44. The number of amides is 1. The molecule has 73 heavy (non-hydrogen) atoms. The van der Waals surface area contributed by atoms with E-state index >= 15 is 4.79 Å². The van der Waals surface area contributed by atoms with Gasteiger partial charge < -0.3 is 57.9 Å². The molecule has 1 heterocycles. The molecule has 1 aromatic rings. The van der Waals surface area contributed by atoms with Crippen LogP contribution in [0.5, 0.6) is 0 Å². The number of alkyl carbamates (subject to hydrolysis) is 1. The van der Waals surface area contributed by atoms with Crippen molar-refractivity contribution in [2.24, 2.45) is 22.7 Å². The van der Waals surface area contributed by atoms with Crippen LogP contribution in [0.1, 0.15) is 152 Å². The van der Waals surface area contributed by atoms with Crippen LogP contribution in [0.2, 0.25) is 18.1 Å². The van der Waals surface area contributed by atoms with Gasteiger partial charge >= 0.3 is 30.0 Å². The molecule has 0 spiro atoms. The third-order valence-corrected chi connectivity index (χ3v) is 21.8. The topological polar surface area (TPSA) is 221 Å². The molecule has 3 N–H and O–H groups in total. The van der Waals surface area contributed by atoms with Gasteiger partial charge in [-0.15, -0.1) is 0 Å². The van der Waals surface area contributed by atoms with Crippen molar-refractivity contribution >= 4 is 38.3 Å². The standard InChI is InChI=1S/C55H85NO16Si/c1-15-64-35(8)67-44(42(36-25-21-19-22-26-36)56-50(62)71-51(9,10)11)49(61)68-38-30-55(63)47(69-48(60)37-27-23-20-24-28-37)45-53(14,46(59)43(66-33(6)57)41(32(38)5)52(55,12)13)39(72-73(16-2,17-3)18-4)29-40-54(45,31-65-40)70-34(7)58/h20,23-24,27-28,35-36,38-40,42-47,59,63H,15-19,21-22,25-26,29-31H2,1-14H3,(H,56,62)/t35?,38-,39-,40+,42-,43+,44+,45-,46-,47-,53+,54-,55+/m0/s1. The van der Waals surface area contributed by atoms with Crippen LogP contribution in [0.4, 0.5) is 4.79 Å². The van der Waals surface area contributed by atoms with Crippen LogP contribution in [-0.2, 0) is 56.7 Å². The van der Waals surface area contributed by atoms with E-state index < -0.39 is 133 Å². The minimum atomic E-state index is -2.60. The summed E-state index contributed by atoms with van der Waals surface area (Å²) in [7, 11) is -2.60. The van der Waals surface area contributed by atoms with Crippen LogP contribution >= 0.6 is 0 Å². The highest BCUT2D eigenvalue weighted by atomic mass is 28.4. The Morgan fingerprint density at radius 3 is 2.07 bits per heavy atom. The number of fused-ring (bicyclic) bond motifs is 5. The zero-order chi connectivity index (χ0) is 54.1. The number of aliphatic hydroxyl groups is 2. The summed E-state index contributed by atoms with van der Waals surface area (Å²) in [4.78, 5) is 71.0.